The molecule has 0 amide bonds. The van der Waals surface area contributed by atoms with Gasteiger partial charge in [-0.25, -0.2) is 0 Å². The van der Waals surface area contributed by atoms with Crippen molar-refractivity contribution in [2.24, 2.45) is 0 Å². The lowest BCUT2D eigenvalue weighted by molar-refractivity contribution is 0.0270. The number of fused-ring (bicyclic) bond motifs is 1. The molecule has 3 rings (SSSR count). The lowest BCUT2D eigenvalue weighted by Gasteiger charge is -2.44. The minimum atomic E-state index is -1.13. The molecule has 0 radical (unpaired) electrons. The summed E-state index contributed by atoms with van der Waals surface area (Å²) >= 11 is 0. The van der Waals surface area contributed by atoms with Gasteiger partial charge in [0.25, 0.3) is 0 Å². The molecule has 0 aromatic heterocycles. The molecular formula is C18H20O6. The van der Waals surface area contributed by atoms with Crippen LogP contribution in [0.4, 0.5) is 0 Å². The Balaban J connectivity index is 2.22. The predicted molar refractivity (Wildman–Crippen MR) is 86.8 cm³/mol. The number of aromatic hydroxyl groups is 5. The minimum absolute atomic E-state index is 0.0730. The average molecular weight is 332 g/mol. The quantitative estimate of drug-likeness (QED) is 0.548. The lowest BCUT2D eigenvalue weighted by atomic mass is 9.70. The summed E-state index contributed by atoms with van der Waals surface area (Å²) in [5.41, 5.74) is -0.993. The van der Waals surface area contributed by atoms with E-state index in [-0.39, 0.29) is 40.1 Å². The van der Waals surface area contributed by atoms with E-state index in [0.717, 1.165) is 12.1 Å². The number of rotatable bonds is 1. The second-order valence-electron chi connectivity index (χ2n) is 7.09. The van der Waals surface area contributed by atoms with Crippen molar-refractivity contribution in [2.75, 3.05) is 0 Å². The van der Waals surface area contributed by atoms with Crippen LogP contribution >= 0.6 is 0 Å². The summed E-state index contributed by atoms with van der Waals surface area (Å²) in [5, 5.41) is 49.9. The number of phenols is 5. The molecule has 1 aliphatic heterocycles. The van der Waals surface area contributed by atoms with E-state index in [1.165, 1.54) is 12.1 Å². The molecule has 1 unspecified atom stereocenters. The Kier molecular flexibility index (Phi) is 3.27. The van der Waals surface area contributed by atoms with Crippen molar-refractivity contribution >= 4 is 0 Å². The van der Waals surface area contributed by atoms with E-state index in [4.69, 9.17) is 4.74 Å². The van der Waals surface area contributed by atoms with Gasteiger partial charge in [-0.05, 0) is 6.92 Å². The summed E-state index contributed by atoms with van der Waals surface area (Å²) in [6.07, 6.45) is 0.344. The van der Waals surface area contributed by atoms with Crippen molar-refractivity contribution in [3.8, 4) is 34.5 Å². The fourth-order valence-corrected chi connectivity index (χ4v) is 3.84. The Labute approximate surface area is 139 Å². The number of ether oxygens (including phenoxy) is 1. The fraction of sp³-hybridized carbons (Fsp3) is 0.333. The first kappa shape index (κ1) is 16.1. The van der Waals surface area contributed by atoms with Crippen LogP contribution in [0.2, 0.25) is 0 Å². The van der Waals surface area contributed by atoms with E-state index in [1.54, 1.807) is 6.92 Å². The van der Waals surface area contributed by atoms with Crippen LogP contribution < -0.4 is 4.74 Å². The van der Waals surface area contributed by atoms with Gasteiger partial charge in [-0.15, -0.1) is 0 Å². The molecule has 24 heavy (non-hydrogen) atoms. The third-order valence-electron chi connectivity index (χ3n) is 4.47. The van der Waals surface area contributed by atoms with Gasteiger partial charge in [-0.1, -0.05) is 13.8 Å². The normalized spacial score (nSPS) is 21.8. The smallest absolute Gasteiger partial charge is 0.139 e. The van der Waals surface area contributed by atoms with Gasteiger partial charge in [0.2, 0.25) is 0 Å². The highest BCUT2D eigenvalue weighted by molar-refractivity contribution is 5.58. The van der Waals surface area contributed by atoms with Crippen molar-refractivity contribution in [3.05, 3.63) is 35.4 Å². The molecule has 2 aromatic carbocycles. The molecule has 0 spiro atoms. The summed E-state index contributed by atoms with van der Waals surface area (Å²) < 4.78 is 5.98. The summed E-state index contributed by atoms with van der Waals surface area (Å²) in [6.45, 7) is 5.50. The Morgan fingerprint density at radius 2 is 1.21 bits per heavy atom. The summed E-state index contributed by atoms with van der Waals surface area (Å²) in [6, 6.07) is 4.91. The topological polar surface area (TPSA) is 110 Å². The van der Waals surface area contributed by atoms with Gasteiger partial charge in [-0.3, -0.25) is 0 Å². The van der Waals surface area contributed by atoms with Gasteiger partial charge < -0.3 is 30.3 Å². The zero-order chi connectivity index (χ0) is 17.9. The first-order valence-corrected chi connectivity index (χ1v) is 7.54. The van der Waals surface area contributed by atoms with Crippen LogP contribution in [0.15, 0.2) is 24.3 Å². The van der Waals surface area contributed by atoms with Crippen molar-refractivity contribution in [1.29, 1.82) is 0 Å². The number of hydrogen-bond acceptors (Lipinski definition) is 6. The average Bonchev–Trinajstić information content (AvgIpc) is 2.32. The van der Waals surface area contributed by atoms with Crippen molar-refractivity contribution in [3.63, 3.8) is 0 Å². The van der Waals surface area contributed by atoms with Crippen LogP contribution in [0, 0.1) is 0 Å². The first-order chi connectivity index (χ1) is 11.0. The third kappa shape index (κ3) is 2.35. The minimum Gasteiger partial charge on any atom is -0.508 e. The largest absolute Gasteiger partial charge is 0.508 e. The van der Waals surface area contributed by atoms with E-state index in [0.29, 0.717) is 12.0 Å². The maximum atomic E-state index is 10.2. The number of benzene rings is 2. The highest BCUT2D eigenvalue weighted by Crippen LogP contribution is 2.55. The van der Waals surface area contributed by atoms with Gasteiger partial charge >= 0.3 is 0 Å². The van der Waals surface area contributed by atoms with Crippen LogP contribution in [0.1, 0.15) is 38.3 Å². The molecule has 1 aliphatic rings. The number of hydrogen-bond donors (Lipinski definition) is 5. The zero-order valence-electron chi connectivity index (χ0n) is 13.7. The molecule has 1 heterocycles. The van der Waals surface area contributed by atoms with Crippen molar-refractivity contribution in [2.45, 2.75) is 38.2 Å². The van der Waals surface area contributed by atoms with Gasteiger partial charge in [0, 0.05) is 41.7 Å². The Hall–Kier alpha value is -2.76. The second kappa shape index (κ2) is 4.87. The van der Waals surface area contributed by atoms with E-state index in [1.807, 2.05) is 13.8 Å². The summed E-state index contributed by atoms with van der Waals surface area (Å²) in [7, 11) is 0. The highest BCUT2D eigenvalue weighted by Gasteiger charge is 2.47. The Morgan fingerprint density at radius 3 is 1.75 bits per heavy atom. The molecule has 0 saturated carbocycles. The van der Waals surface area contributed by atoms with E-state index < -0.39 is 11.0 Å². The van der Waals surface area contributed by atoms with Gasteiger partial charge in [-0.2, -0.15) is 0 Å². The van der Waals surface area contributed by atoms with Crippen molar-refractivity contribution in [1.82, 2.24) is 0 Å². The number of phenolic OH excluding ortho intramolecular Hbond substituents is 5. The summed E-state index contributed by atoms with van der Waals surface area (Å²) in [5.74, 6) is -0.792. The maximum Gasteiger partial charge on any atom is 0.139 e. The fourth-order valence-electron chi connectivity index (χ4n) is 3.84. The molecule has 0 bridgehead atoms. The molecular weight excluding hydrogens is 312 g/mol. The molecule has 0 aliphatic carbocycles. The molecule has 2 aromatic rings. The molecule has 6 nitrogen and oxygen atoms in total. The highest BCUT2D eigenvalue weighted by atomic mass is 16.5. The van der Waals surface area contributed by atoms with E-state index >= 15 is 0 Å². The zero-order valence-corrected chi connectivity index (χ0v) is 13.7. The van der Waals surface area contributed by atoms with Crippen LogP contribution in [0.25, 0.3) is 0 Å². The van der Waals surface area contributed by atoms with Gasteiger partial charge in [0.15, 0.2) is 0 Å². The molecule has 0 saturated heterocycles. The standard InChI is InChI=1S/C18H20O6/c1-17(2)8-18(3,15-11(21)4-9(19)5-12(15)22)24-14-7-10(20)6-13(23)16(14)17/h4-7,19-23H,8H2,1-3H3. The monoisotopic (exact) mass is 332 g/mol. The third-order valence-corrected chi connectivity index (χ3v) is 4.47. The van der Waals surface area contributed by atoms with E-state index in [9.17, 15) is 25.5 Å². The van der Waals surface area contributed by atoms with Crippen molar-refractivity contribution < 1.29 is 30.3 Å². The molecule has 1 atom stereocenters. The second-order valence-corrected chi connectivity index (χ2v) is 7.09. The van der Waals surface area contributed by atoms with E-state index in [2.05, 4.69) is 0 Å². The predicted octanol–water partition coefficient (Wildman–Crippen LogP) is 3.19. The Bertz CT molecular complexity index is 803. The lowest BCUT2D eigenvalue weighted by Crippen LogP contribution is -2.41. The first-order valence-electron chi connectivity index (χ1n) is 7.54. The van der Waals surface area contributed by atoms with Crippen LogP contribution in [0.3, 0.4) is 0 Å². The van der Waals surface area contributed by atoms with Crippen LogP contribution in [-0.4, -0.2) is 25.5 Å². The summed E-state index contributed by atoms with van der Waals surface area (Å²) in [4.78, 5) is 0. The molecule has 5 N–H and O–H groups in total. The molecule has 6 heteroatoms. The van der Waals surface area contributed by atoms with Gasteiger partial charge in [0.05, 0.1) is 5.56 Å². The molecule has 0 fully saturated rings. The van der Waals surface area contributed by atoms with Crippen LogP contribution in [-0.2, 0) is 11.0 Å². The molecule has 128 valence electrons. The Morgan fingerprint density at radius 1 is 0.750 bits per heavy atom. The van der Waals surface area contributed by atoms with Crippen LogP contribution in [0.5, 0.6) is 34.5 Å². The van der Waals surface area contributed by atoms with Gasteiger partial charge in [0.1, 0.15) is 40.1 Å². The SMILES string of the molecule is CC1(C)CC(C)(c2c(O)cc(O)cc2O)Oc2cc(O)cc(O)c21. The maximum absolute atomic E-state index is 10.2.